The van der Waals surface area contributed by atoms with Crippen LogP contribution in [0.2, 0.25) is 0 Å². The van der Waals surface area contributed by atoms with Crippen LogP contribution in [0.3, 0.4) is 0 Å². The Labute approximate surface area is 256 Å². The average molecular weight is 593 g/mol. The molecule has 0 bridgehead atoms. The molecule has 3 aromatic carbocycles. The van der Waals surface area contributed by atoms with Crippen LogP contribution in [0, 0.1) is 0 Å². The highest BCUT2D eigenvalue weighted by atomic mass is 31.1. The van der Waals surface area contributed by atoms with E-state index in [-0.39, 0.29) is 0 Å². The molecule has 0 N–H and O–H groups in total. The fourth-order valence-corrected chi connectivity index (χ4v) is 10.00. The van der Waals surface area contributed by atoms with Crippen molar-refractivity contribution in [2.24, 2.45) is 0 Å². The zero-order chi connectivity index (χ0) is 29.2. The molecule has 0 fully saturated rings. The predicted octanol–water partition coefficient (Wildman–Crippen LogP) is 7.33. The van der Waals surface area contributed by atoms with Crippen molar-refractivity contribution >= 4 is 100 Å². The standard InChI is InChI=1S/C38H21N6P/c1-2-4-22(5-3-1)45(23-6-8-33-25(14-23)29-18-41-20-31-27-16-39-12-10-35(27)43(33)37(29)31)24-7-9-34-26(15-24)30-19-42-21-32-28-17-40-13-11-36(28)44(34)38(30)32/h1-21H. The molecule has 8 heterocycles. The Hall–Kier alpha value is -5.71. The largest absolute Gasteiger partial charge is 0.308 e. The second-order valence-electron chi connectivity index (χ2n) is 11.7. The summed E-state index contributed by atoms with van der Waals surface area (Å²) in [5, 5.41) is 13.3. The van der Waals surface area contributed by atoms with E-state index in [9.17, 15) is 0 Å². The Morgan fingerprint density at radius 2 is 0.822 bits per heavy atom. The maximum absolute atomic E-state index is 4.68. The van der Waals surface area contributed by atoms with Crippen molar-refractivity contribution in [3.8, 4) is 0 Å². The van der Waals surface area contributed by atoms with Crippen molar-refractivity contribution in [2.45, 2.75) is 0 Å². The molecular formula is C38H21N6P. The third kappa shape index (κ3) is 2.97. The lowest BCUT2D eigenvalue weighted by atomic mass is 10.1. The van der Waals surface area contributed by atoms with Gasteiger partial charge in [0.25, 0.3) is 0 Å². The third-order valence-electron chi connectivity index (χ3n) is 9.49. The van der Waals surface area contributed by atoms with Crippen molar-refractivity contribution in [2.75, 3.05) is 0 Å². The van der Waals surface area contributed by atoms with Gasteiger partial charge < -0.3 is 8.80 Å². The second-order valence-corrected chi connectivity index (χ2v) is 13.9. The maximum atomic E-state index is 4.68. The molecular weight excluding hydrogens is 571 g/mol. The van der Waals surface area contributed by atoms with Crippen molar-refractivity contribution in [1.82, 2.24) is 28.7 Å². The number of rotatable bonds is 3. The minimum absolute atomic E-state index is 0.848. The lowest BCUT2D eigenvalue weighted by Crippen LogP contribution is -2.20. The molecule has 0 saturated carbocycles. The Morgan fingerprint density at radius 1 is 0.378 bits per heavy atom. The van der Waals surface area contributed by atoms with Crippen LogP contribution < -0.4 is 15.9 Å². The SMILES string of the molecule is c1ccc(P(c2ccc3c(c2)c2cncc4c5cnccc5n3c42)c2ccc3c(c2)c2cncc4c5cnccc5n3c42)cc1. The van der Waals surface area contributed by atoms with Crippen LogP contribution in [-0.2, 0) is 0 Å². The van der Waals surface area contributed by atoms with Gasteiger partial charge in [0.15, 0.2) is 0 Å². The minimum Gasteiger partial charge on any atom is -0.308 e. The normalized spacial score (nSPS) is 12.6. The summed E-state index contributed by atoms with van der Waals surface area (Å²) >= 11 is 0. The maximum Gasteiger partial charge on any atom is 0.0652 e. The van der Waals surface area contributed by atoms with E-state index in [1.807, 2.05) is 49.6 Å². The van der Waals surface area contributed by atoms with E-state index < -0.39 is 7.92 Å². The number of nitrogens with zero attached hydrogens (tertiary/aromatic N) is 6. The summed E-state index contributed by atoms with van der Waals surface area (Å²) in [6.45, 7) is 0. The molecule has 0 radical (unpaired) electrons. The zero-order valence-electron chi connectivity index (χ0n) is 23.8. The highest BCUT2D eigenvalue weighted by molar-refractivity contribution is 7.79. The summed E-state index contributed by atoms with van der Waals surface area (Å²) in [5.41, 5.74) is 7.16. The Kier molecular flexibility index (Phi) is 4.46. The van der Waals surface area contributed by atoms with Gasteiger partial charge in [-0.15, -0.1) is 0 Å². The van der Waals surface area contributed by atoms with Crippen LogP contribution in [0.1, 0.15) is 0 Å². The van der Waals surface area contributed by atoms with Crippen LogP contribution in [0.15, 0.2) is 128 Å². The molecule has 0 atom stereocenters. The van der Waals surface area contributed by atoms with E-state index in [4.69, 9.17) is 0 Å². The first-order valence-electron chi connectivity index (χ1n) is 14.9. The van der Waals surface area contributed by atoms with Gasteiger partial charge in [-0.1, -0.05) is 42.5 Å². The molecule has 11 aromatic rings. The lowest BCUT2D eigenvalue weighted by molar-refractivity contribution is 1.32. The fraction of sp³-hybridized carbons (Fsp3) is 0. The second kappa shape index (κ2) is 8.47. The first-order chi connectivity index (χ1) is 22.3. The summed E-state index contributed by atoms with van der Waals surface area (Å²) < 4.78 is 4.76. The lowest BCUT2D eigenvalue weighted by Gasteiger charge is -2.20. The number of fused-ring (bicyclic) bond motifs is 12. The van der Waals surface area contributed by atoms with E-state index in [1.165, 1.54) is 70.6 Å². The van der Waals surface area contributed by atoms with Gasteiger partial charge in [-0.25, -0.2) is 0 Å². The molecule has 0 unspecified atom stereocenters. The van der Waals surface area contributed by atoms with Crippen LogP contribution in [0.4, 0.5) is 0 Å². The van der Waals surface area contributed by atoms with E-state index in [0.717, 1.165) is 21.5 Å². The molecule has 0 aliphatic rings. The van der Waals surface area contributed by atoms with Crippen molar-refractivity contribution in [3.05, 3.63) is 128 Å². The molecule has 0 amide bonds. The molecule has 8 aromatic heterocycles. The van der Waals surface area contributed by atoms with Gasteiger partial charge in [-0.2, -0.15) is 0 Å². The Balaban J connectivity index is 1.19. The molecule has 0 aliphatic heterocycles. The van der Waals surface area contributed by atoms with Gasteiger partial charge in [-0.3, -0.25) is 19.9 Å². The predicted molar refractivity (Wildman–Crippen MR) is 186 cm³/mol. The minimum atomic E-state index is -0.848. The van der Waals surface area contributed by atoms with Crippen LogP contribution in [0.25, 0.3) is 76.2 Å². The van der Waals surface area contributed by atoms with Crippen molar-refractivity contribution in [1.29, 1.82) is 0 Å². The summed E-state index contributed by atoms with van der Waals surface area (Å²) in [7, 11) is -0.848. The van der Waals surface area contributed by atoms with Gasteiger partial charge in [-0.05, 0) is 60.2 Å². The summed E-state index contributed by atoms with van der Waals surface area (Å²) in [4.78, 5) is 18.2. The Bertz CT molecular complexity index is 2760. The number of hydrogen-bond donors (Lipinski definition) is 0. The molecule has 0 saturated heterocycles. The first kappa shape index (κ1) is 23.7. The quantitative estimate of drug-likeness (QED) is 0.202. The highest BCUT2D eigenvalue weighted by Gasteiger charge is 2.23. The van der Waals surface area contributed by atoms with E-state index in [0.29, 0.717) is 0 Å². The number of benzene rings is 3. The van der Waals surface area contributed by atoms with E-state index in [2.05, 4.69) is 108 Å². The fourth-order valence-electron chi connectivity index (χ4n) is 7.67. The summed E-state index contributed by atoms with van der Waals surface area (Å²) in [5.74, 6) is 0. The van der Waals surface area contributed by atoms with Crippen LogP contribution >= 0.6 is 7.92 Å². The average Bonchev–Trinajstić information content (AvgIpc) is 3.82. The number of hydrogen-bond acceptors (Lipinski definition) is 4. The van der Waals surface area contributed by atoms with E-state index in [1.54, 1.807) is 0 Å². The van der Waals surface area contributed by atoms with Gasteiger partial charge >= 0.3 is 0 Å². The highest BCUT2D eigenvalue weighted by Crippen LogP contribution is 2.42. The monoisotopic (exact) mass is 592 g/mol. The van der Waals surface area contributed by atoms with Gasteiger partial charge in [0, 0.05) is 92.7 Å². The first-order valence-corrected chi connectivity index (χ1v) is 16.3. The topological polar surface area (TPSA) is 60.4 Å². The van der Waals surface area contributed by atoms with Crippen LogP contribution in [-0.4, -0.2) is 28.7 Å². The number of aromatic nitrogens is 6. The van der Waals surface area contributed by atoms with Crippen LogP contribution in [0.5, 0.6) is 0 Å². The molecule has 11 rings (SSSR count). The van der Waals surface area contributed by atoms with E-state index >= 15 is 0 Å². The van der Waals surface area contributed by atoms with Crippen molar-refractivity contribution in [3.63, 3.8) is 0 Å². The molecule has 0 aliphatic carbocycles. The zero-order valence-corrected chi connectivity index (χ0v) is 24.6. The molecule has 0 spiro atoms. The summed E-state index contributed by atoms with van der Waals surface area (Å²) in [6.07, 6.45) is 15.6. The van der Waals surface area contributed by atoms with Gasteiger partial charge in [0.1, 0.15) is 0 Å². The van der Waals surface area contributed by atoms with Gasteiger partial charge in [0.2, 0.25) is 0 Å². The molecule has 6 nitrogen and oxygen atoms in total. The molecule has 45 heavy (non-hydrogen) atoms. The molecule has 7 heteroatoms. The molecule has 208 valence electrons. The van der Waals surface area contributed by atoms with Crippen molar-refractivity contribution < 1.29 is 0 Å². The Morgan fingerprint density at radius 3 is 1.33 bits per heavy atom. The number of pyridine rings is 4. The smallest absolute Gasteiger partial charge is 0.0652 e. The summed E-state index contributed by atoms with van der Waals surface area (Å²) in [6, 6.07) is 29.2. The third-order valence-corrected chi connectivity index (χ3v) is 11.9. The van der Waals surface area contributed by atoms with Gasteiger partial charge in [0.05, 0.1) is 33.1 Å².